The van der Waals surface area contributed by atoms with Crippen molar-refractivity contribution in [2.75, 3.05) is 44.1 Å². The summed E-state index contributed by atoms with van der Waals surface area (Å²) in [4.78, 5) is 29.9. The number of aromatic nitrogens is 3. The predicted molar refractivity (Wildman–Crippen MR) is 170 cm³/mol. The van der Waals surface area contributed by atoms with E-state index in [2.05, 4.69) is 21.3 Å². The molecule has 3 heterocycles. The van der Waals surface area contributed by atoms with Gasteiger partial charge in [0, 0.05) is 51.1 Å². The fourth-order valence-electron chi connectivity index (χ4n) is 5.63. The Kier molecular flexibility index (Phi) is 8.37. The zero-order chi connectivity index (χ0) is 31.8. The maximum absolute atomic E-state index is 14.8. The Labute approximate surface area is 256 Å². The van der Waals surface area contributed by atoms with Gasteiger partial charge in [-0.05, 0) is 69.9 Å². The number of imidazole rings is 1. The Balaban J connectivity index is 1.65. The van der Waals surface area contributed by atoms with Crippen LogP contribution in [0.15, 0.2) is 36.5 Å². The molecule has 11 heteroatoms. The van der Waals surface area contributed by atoms with Crippen molar-refractivity contribution in [2.45, 2.75) is 52.2 Å². The number of ether oxygens (including phenoxy) is 2. The summed E-state index contributed by atoms with van der Waals surface area (Å²) in [7, 11) is 5.37. The van der Waals surface area contributed by atoms with Crippen molar-refractivity contribution in [2.24, 2.45) is 0 Å². The highest BCUT2D eigenvalue weighted by atomic mass is 19.1. The molecule has 0 radical (unpaired) electrons. The average Bonchev–Trinajstić information content (AvgIpc) is 3.38. The number of anilines is 2. The second-order valence-electron chi connectivity index (χ2n) is 12.3. The fraction of sp³-hybridized carbons (Fsp3) is 0.394. The van der Waals surface area contributed by atoms with E-state index in [4.69, 9.17) is 19.4 Å². The number of carbonyl (C=O) groups is 1. The molecule has 1 aliphatic rings. The van der Waals surface area contributed by atoms with Crippen molar-refractivity contribution in [1.29, 1.82) is 5.26 Å². The SMILES string of the molecule is COc1cc(C#N)cc2[nH]c(-c3c(N(C)C)ncc(-c4cc(C)cc(F)c4)c3N3CCC(NC(=O)OC(C)(C)C)CC3)nc12. The van der Waals surface area contributed by atoms with E-state index >= 15 is 0 Å². The van der Waals surface area contributed by atoms with Gasteiger partial charge in [-0.25, -0.2) is 19.2 Å². The van der Waals surface area contributed by atoms with Crippen molar-refractivity contribution in [3.05, 3.63) is 53.5 Å². The summed E-state index contributed by atoms with van der Waals surface area (Å²) in [6.45, 7) is 8.62. The molecule has 0 atom stereocenters. The van der Waals surface area contributed by atoms with Gasteiger partial charge in [-0.3, -0.25) is 0 Å². The molecule has 1 amide bonds. The summed E-state index contributed by atoms with van der Waals surface area (Å²) in [5.74, 6) is 1.36. The Morgan fingerprint density at radius 1 is 1.18 bits per heavy atom. The predicted octanol–water partition coefficient (Wildman–Crippen LogP) is 6.18. The van der Waals surface area contributed by atoms with Crippen LogP contribution in [0.4, 0.5) is 20.7 Å². The Morgan fingerprint density at radius 2 is 1.91 bits per heavy atom. The lowest BCUT2D eigenvalue weighted by Gasteiger charge is -2.37. The number of hydrogen-bond acceptors (Lipinski definition) is 8. The van der Waals surface area contributed by atoms with Gasteiger partial charge in [-0.15, -0.1) is 0 Å². The quantitative estimate of drug-likeness (QED) is 0.270. The first-order valence-corrected chi connectivity index (χ1v) is 14.6. The molecule has 1 saturated heterocycles. The lowest BCUT2D eigenvalue weighted by molar-refractivity contribution is 0.0497. The smallest absolute Gasteiger partial charge is 0.407 e. The Hall–Kier alpha value is -4.85. The molecule has 2 aromatic carbocycles. The molecule has 0 unspecified atom stereocenters. The number of methoxy groups -OCH3 is 1. The zero-order valence-corrected chi connectivity index (χ0v) is 26.2. The number of H-pyrrole nitrogens is 1. The molecule has 2 aromatic heterocycles. The van der Waals surface area contributed by atoms with Crippen LogP contribution in [0, 0.1) is 24.1 Å². The topological polar surface area (TPSA) is 119 Å². The minimum Gasteiger partial charge on any atom is -0.494 e. The van der Waals surface area contributed by atoms with Crippen molar-refractivity contribution in [3.8, 4) is 34.3 Å². The Morgan fingerprint density at radius 3 is 2.52 bits per heavy atom. The molecular weight excluding hydrogens is 561 g/mol. The van der Waals surface area contributed by atoms with Crippen molar-refractivity contribution >= 4 is 28.6 Å². The highest BCUT2D eigenvalue weighted by Gasteiger charge is 2.30. The van der Waals surface area contributed by atoms with E-state index in [0.717, 1.165) is 22.4 Å². The molecule has 4 aromatic rings. The molecule has 0 saturated carbocycles. The maximum Gasteiger partial charge on any atom is 0.407 e. The fourth-order valence-corrected chi connectivity index (χ4v) is 5.63. The number of aryl methyl sites for hydroxylation is 1. The number of nitriles is 1. The van der Waals surface area contributed by atoms with E-state index in [-0.39, 0.29) is 11.9 Å². The van der Waals surface area contributed by atoms with Crippen LogP contribution in [-0.2, 0) is 4.74 Å². The molecule has 10 nitrogen and oxygen atoms in total. The molecule has 230 valence electrons. The monoisotopic (exact) mass is 599 g/mol. The second kappa shape index (κ2) is 12.0. The standard InChI is InChI=1S/C33H38FN7O3/c1-19-12-21(16-22(34)13-19)24-18-36-31(40(5)6)27(30-38-25-14-20(17-35)15-26(43-7)28(25)39-30)29(24)41-10-8-23(9-11-41)37-32(42)44-33(2,3)4/h12-16,18,23H,8-11H2,1-7H3,(H,37,42)(H,38,39). The number of nitrogens with one attached hydrogen (secondary N) is 2. The summed E-state index contributed by atoms with van der Waals surface area (Å²) < 4.78 is 25.8. The second-order valence-corrected chi connectivity index (χ2v) is 12.3. The van der Waals surface area contributed by atoms with Gasteiger partial charge in [0.05, 0.1) is 35.5 Å². The van der Waals surface area contributed by atoms with Gasteiger partial charge in [-0.1, -0.05) is 6.07 Å². The van der Waals surface area contributed by atoms with Gasteiger partial charge in [0.15, 0.2) is 0 Å². The van der Waals surface area contributed by atoms with Crippen molar-refractivity contribution in [3.63, 3.8) is 0 Å². The van der Waals surface area contributed by atoms with Crippen molar-refractivity contribution < 1.29 is 18.7 Å². The third-order valence-corrected chi connectivity index (χ3v) is 7.48. The van der Waals surface area contributed by atoms with E-state index in [9.17, 15) is 14.4 Å². The first-order valence-electron chi connectivity index (χ1n) is 14.6. The van der Waals surface area contributed by atoms with Crippen LogP contribution >= 0.6 is 0 Å². The minimum absolute atomic E-state index is 0.0561. The van der Waals surface area contributed by atoms with Crippen LogP contribution in [0.3, 0.4) is 0 Å². The first kappa shape index (κ1) is 30.6. The summed E-state index contributed by atoms with van der Waals surface area (Å²) in [5.41, 5.74) is 4.95. The van der Waals surface area contributed by atoms with Gasteiger partial charge in [0.2, 0.25) is 0 Å². The van der Waals surface area contributed by atoms with E-state index in [0.29, 0.717) is 65.5 Å². The third kappa shape index (κ3) is 6.39. The number of piperidine rings is 1. The van der Waals surface area contributed by atoms with E-state index in [1.54, 1.807) is 25.4 Å². The summed E-state index contributed by atoms with van der Waals surface area (Å²) in [6, 6.07) is 10.5. The van der Waals surface area contributed by atoms with Crippen LogP contribution in [-0.4, -0.2) is 67.0 Å². The molecule has 0 spiro atoms. The highest BCUT2D eigenvalue weighted by molar-refractivity contribution is 5.97. The summed E-state index contributed by atoms with van der Waals surface area (Å²) in [6.07, 6.45) is 2.71. The van der Waals surface area contributed by atoms with Crippen LogP contribution < -0.4 is 19.9 Å². The average molecular weight is 600 g/mol. The van der Waals surface area contributed by atoms with E-state index < -0.39 is 11.7 Å². The van der Waals surface area contributed by atoms with Crippen molar-refractivity contribution in [1.82, 2.24) is 20.3 Å². The number of halogens is 1. The number of aromatic amines is 1. The lowest BCUT2D eigenvalue weighted by atomic mass is 9.96. The number of carbonyl (C=O) groups excluding carboxylic acids is 1. The third-order valence-electron chi connectivity index (χ3n) is 7.48. The summed E-state index contributed by atoms with van der Waals surface area (Å²) >= 11 is 0. The van der Waals surface area contributed by atoms with Gasteiger partial charge in [0.25, 0.3) is 0 Å². The summed E-state index contributed by atoms with van der Waals surface area (Å²) in [5, 5.41) is 12.6. The number of alkyl carbamates (subject to hydrolysis) is 1. The number of amides is 1. The molecule has 1 aliphatic heterocycles. The van der Waals surface area contributed by atoms with E-state index in [1.807, 2.05) is 52.8 Å². The minimum atomic E-state index is -0.583. The van der Waals surface area contributed by atoms with Crippen LogP contribution in [0.1, 0.15) is 44.7 Å². The van der Waals surface area contributed by atoms with Gasteiger partial charge in [-0.2, -0.15) is 5.26 Å². The van der Waals surface area contributed by atoms with Gasteiger partial charge >= 0.3 is 6.09 Å². The molecule has 5 rings (SSSR count). The number of hydrogen-bond donors (Lipinski definition) is 2. The number of pyridine rings is 1. The van der Waals surface area contributed by atoms with Crippen LogP contribution in [0.2, 0.25) is 0 Å². The normalized spacial score (nSPS) is 13.9. The lowest BCUT2D eigenvalue weighted by Crippen LogP contribution is -2.46. The highest BCUT2D eigenvalue weighted by Crippen LogP contribution is 2.45. The first-order chi connectivity index (χ1) is 20.9. The molecule has 1 fully saturated rings. The number of rotatable bonds is 6. The molecular formula is C33H38FN7O3. The van der Waals surface area contributed by atoms with Gasteiger partial charge in [0.1, 0.15) is 34.3 Å². The van der Waals surface area contributed by atoms with E-state index in [1.165, 1.54) is 12.1 Å². The Bertz CT molecular complexity index is 1720. The molecule has 44 heavy (non-hydrogen) atoms. The number of fused-ring (bicyclic) bond motifs is 1. The zero-order valence-electron chi connectivity index (χ0n) is 26.2. The number of nitrogens with zero attached hydrogens (tertiary/aromatic N) is 5. The van der Waals surface area contributed by atoms with Crippen LogP contribution in [0.5, 0.6) is 5.75 Å². The molecule has 0 aliphatic carbocycles. The molecule has 2 N–H and O–H groups in total. The largest absolute Gasteiger partial charge is 0.494 e. The maximum atomic E-state index is 14.8. The number of benzene rings is 2. The van der Waals surface area contributed by atoms with Gasteiger partial charge < -0.3 is 29.6 Å². The molecule has 0 bridgehead atoms. The van der Waals surface area contributed by atoms with Crippen LogP contribution in [0.25, 0.3) is 33.5 Å².